The number of rotatable bonds is 8. The van der Waals surface area contributed by atoms with Crippen LogP contribution in [0.2, 0.25) is 0 Å². The molecule has 0 spiro atoms. The summed E-state index contributed by atoms with van der Waals surface area (Å²) in [6.45, 7) is 8.57. The SMILES string of the molecule is Cc1cc(C(=O)NCC(C)C)ccc1NC(=O)C(C)SCc1ccccc1. The van der Waals surface area contributed by atoms with Crippen LogP contribution < -0.4 is 10.6 Å². The number of carbonyl (C=O) groups excluding carboxylic acids is 2. The molecule has 5 heteroatoms. The van der Waals surface area contributed by atoms with E-state index in [0.717, 1.165) is 17.0 Å². The fourth-order valence-electron chi connectivity index (χ4n) is 2.45. The van der Waals surface area contributed by atoms with Gasteiger partial charge in [-0.3, -0.25) is 9.59 Å². The van der Waals surface area contributed by atoms with Gasteiger partial charge in [-0.2, -0.15) is 0 Å². The molecule has 0 saturated carbocycles. The normalized spacial score (nSPS) is 11.9. The molecule has 2 N–H and O–H groups in total. The second-order valence-electron chi connectivity index (χ2n) is 7.06. The summed E-state index contributed by atoms with van der Waals surface area (Å²) >= 11 is 1.60. The fraction of sp³-hybridized carbons (Fsp3) is 0.364. The highest BCUT2D eigenvalue weighted by atomic mass is 32.2. The van der Waals surface area contributed by atoms with Gasteiger partial charge in [0.05, 0.1) is 5.25 Å². The van der Waals surface area contributed by atoms with Crippen LogP contribution in [0.3, 0.4) is 0 Å². The molecule has 4 nitrogen and oxygen atoms in total. The van der Waals surface area contributed by atoms with E-state index in [4.69, 9.17) is 0 Å². The second-order valence-corrected chi connectivity index (χ2v) is 8.39. The Morgan fingerprint density at radius 1 is 1.04 bits per heavy atom. The lowest BCUT2D eigenvalue weighted by atomic mass is 10.1. The first-order valence-corrected chi connectivity index (χ1v) is 10.3. The van der Waals surface area contributed by atoms with Gasteiger partial charge in [0.25, 0.3) is 5.91 Å². The van der Waals surface area contributed by atoms with Gasteiger partial charge in [0.1, 0.15) is 0 Å². The third kappa shape index (κ3) is 6.75. The Morgan fingerprint density at radius 3 is 2.37 bits per heavy atom. The molecule has 0 fully saturated rings. The monoisotopic (exact) mass is 384 g/mol. The van der Waals surface area contributed by atoms with E-state index in [1.54, 1.807) is 23.9 Å². The first-order chi connectivity index (χ1) is 12.9. The van der Waals surface area contributed by atoms with Crippen LogP contribution in [-0.2, 0) is 10.5 Å². The first-order valence-electron chi connectivity index (χ1n) is 9.22. The fourth-order valence-corrected chi connectivity index (χ4v) is 3.29. The van der Waals surface area contributed by atoms with Crippen molar-refractivity contribution in [3.8, 4) is 0 Å². The van der Waals surface area contributed by atoms with Crippen LogP contribution in [0.15, 0.2) is 48.5 Å². The second kappa shape index (κ2) is 10.2. The minimum Gasteiger partial charge on any atom is -0.352 e. The van der Waals surface area contributed by atoms with Crippen LogP contribution in [0, 0.1) is 12.8 Å². The molecule has 144 valence electrons. The van der Waals surface area contributed by atoms with Gasteiger partial charge in [-0.15, -0.1) is 11.8 Å². The van der Waals surface area contributed by atoms with E-state index in [0.29, 0.717) is 18.0 Å². The number of nitrogens with one attached hydrogen (secondary N) is 2. The summed E-state index contributed by atoms with van der Waals surface area (Å²) in [7, 11) is 0. The number of hydrogen-bond donors (Lipinski definition) is 2. The molecule has 27 heavy (non-hydrogen) atoms. The Balaban J connectivity index is 1.92. The average Bonchev–Trinajstić information content (AvgIpc) is 2.66. The number of anilines is 1. The van der Waals surface area contributed by atoms with Crippen LogP contribution in [0.4, 0.5) is 5.69 Å². The Hall–Kier alpha value is -2.27. The lowest BCUT2D eigenvalue weighted by Crippen LogP contribution is -2.27. The summed E-state index contributed by atoms with van der Waals surface area (Å²) in [5.74, 6) is 1.08. The highest BCUT2D eigenvalue weighted by Crippen LogP contribution is 2.21. The smallest absolute Gasteiger partial charge is 0.251 e. The van der Waals surface area contributed by atoms with Crippen molar-refractivity contribution in [3.63, 3.8) is 0 Å². The Kier molecular flexibility index (Phi) is 7.92. The number of aryl methyl sites for hydroxylation is 1. The van der Waals surface area contributed by atoms with E-state index in [-0.39, 0.29) is 17.1 Å². The molecule has 1 unspecified atom stereocenters. The lowest BCUT2D eigenvalue weighted by Gasteiger charge is -2.15. The van der Waals surface area contributed by atoms with Gasteiger partial charge in [-0.1, -0.05) is 44.2 Å². The van der Waals surface area contributed by atoms with Crippen molar-refractivity contribution < 1.29 is 9.59 Å². The molecule has 0 aliphatic rings. The molecule has 0 bridgehead atoms. The minimum atomic E-state index is -0.168. The molecule has 2 aromatic carbocycles. The molecule has 0 heterocycles. The van der Waals surface area contributed by atoms with Crippen LogP contribution in [0.25, 0.3) is 0 Å². The van der Waals surface area contributed by atoms with E-state index in [2.05, 4.69) is 36.6 Å². The quantitative estimate of drug-likeness (QED) is 0.697. The van der Waals surface area contributed by atoms with Crippen LogP contribution in [0.5, 0.6) is 0 Å². The van der Waals surface area contributed by atoms with Gasteiger partial charge >= 0.3 is 0 Å². The van der Waals surface area contributed by atoms with Gasteiger partial charge in [0.2, 0.25) is 5.91 Å². The van der Waals surface area contributed by atoms with Gasteiger partial charge in [-0.25, -0.2) is 0 Å². The standard InChI is InChI=1S/C22H28N2O2S/c1-15(2)13-23-22(26)19-10-11-20(16(3)12-19)24-21(25)17(4)27-14-18-8-6-5-7-9-18/h5-12,15,17H,13-14H2,1-4H3,(H,23,26)(H,24,25). The number of amides is 2. The molecule has 2 aromatic rings. The number of hydrogen-bond acceptors (Lipinski definition) is 3. The summed E-state index contributed by atoms with van der Waals surface area (Å²) in [5.41, 5.74) is 3.43. The summed E-state index contributed by atoms with van der Waals surface area (Å²) < 4.78 is 0. The zero-order valence-electron chi connectivity index (χ0n) is 16.4. The number of benzene rings is 2. The van der Waals surface area contributed by atoms with Gasteiger partial charge < -0.3 is 10.6 Å². The summed E-state index contributed by atoms with van der Waals surface area (Å²) in [6.07, 6.45) is 0. The molecule has 0 aromatic heterocycles. The van der Waals surface area contributed by atoms with Crippen molar-refractivity contribution in [3.05, 3.63) is 65.2 Å². The average molecular weight is 385 g/mol. The topological polar surface area (TPSA) is 58.2 Å². The predicted octanol–water partition coefficient (Wildman–Crippen LogP) is 4.64. The van der Waals surface area contributed by atoms with Gasteiger partial charge in [0, 0.05) is 23.5 Å². The van der Waals surface area contributed by atoms with Gasteiger partial charge in [-0.05, 0) is 49.1 Å². The Labute approximate surface area is 166 Å². The molecular weight excluding hydrogens is 356 g/mol. The minimum absolute atomic E-state index is 0.0314. The van der Waals surface area contributed by atoms with E-state index in [1.807, 2.05) is 38.1 Å². The third-order valence-electron chi connectivity index (χ3n) is 4.13. The van der Waals surface area contributed by atoms with Gasteiger partial charge in [0.15, 0.2) is 0 Å². The van der Waals surface area contributed by atoms with Crippen molar-refractivity contribution >= 4 is 29.3 Å². The maximum atomic E-state index is 12.5. The van der Waals surface area contributed by atoms with E-state index in [9.17, 15) is 9.59 Å². The molecule has 0 aliphatic carbocycles. The Bertz CT molecular complexity index is 775. The van der Waals surface area contributed by atoms with Crippen LogP contribution in [0.1, 0.15) is 42.3 Å². The van der Waals surface area contributed by atoms with Crippen molar-refractivity contribution in [1.82, 2.24) is 5.32 Å². The summed E-state index contributed by atoms with van der Waals surface area (Å²) in [4.78, 5) is 24.6. The molecule has 1 atom stereocenters. The largest absolute Gasteiger partial charge is 0.352 e. The molecule has 2 rings (SSSR count). The summed E-state index contributed by atoms with van der Waals surface area (Å²) in [5, 5.41) is 5.71. The zero-order valence-corrected chi connectivity index (χ0v) is 17.2. The van der Waals surface area contributed by atoms with E-state index >= 15 is 0 Å². The lowest BCUT2D eigenvalue weighted by molar-refractivity contribution is -0.115. The predicted molar refractivity (Wildman–Crippen MR) is 114 cm³/mol. The van der Waals surface area contributed by atoms with Crippen LogP contribution in [-0.4, -0.2) is 23.6 Å². The van der Waals surface area contributed by atoms with Crippen molar-refractivity contribution in [1.29, 1.82) is 0 Å². The molecule has 0 saturated heterocycles. The third-order valence-corrected chi connectivity index (χ3v) is 5.34. The van der Waals surface area contributed by atoms with Crippen molar-refractivity contribution in [2.75, 3.05) is 11.9 Å². The number of thioether (sulfide) groups is 1. The van der Waals surface area contributed by atoms with Crippen molar-refractivity contribution in [2.24, 2.45) is 5.92 Å². The van der Waals surface area contributed by atoms with Crippen molar-refractivity contribution in [2.45, 2.75) is 38.7 Å². The summed E-state index contributed by atoms with van der Waals surface area (Å²) in [6, 6.07) is 15.5. The molecule has 0 aliphatic heterocycles. The van der Waals surface area contributed by atoms with E-state index < -0.39 is 0 Å². The Morgan fingerprint density at radius 2 is 1.74 bits per heavy atom. The molecule has 2 amide bonds. The van der Waals surface area contributed by atoms with E-state index in [1.165, 1.54) is 5.56 Å². The van der Waals surface area contributed by atoms with Crippen LogP contribution >= 0.6 is 11.8 Å². The molecule has 0 radical (unpaired) electrons. The maximum Gasteiger partial charge on any atom is 0.251 e. The highest BCUT2D eigenvalue weighted by molar-refractivity contribution is 7.99. The zero-order chi connectivity index (χ0) is 19.8. The maximum absolute atomic E-state index is 12.5. The highest BCUT2D eigenvalue weighted by Gasteiger charge is 2.15. The molecular formula is C22H28N2O2S. The first kappa shape index (κ1) is 21.0. The number of carbonyl (C=O) groups is 2.